The summed E-state index contributed by atoms with van der Waals surface area (Å²) >= 11 is 5.32. The minimum atomic E-state index is -0.136. The van der Waals surface area contributed by atoms with Gasteiger partial charge in [-0.1, -0.05) is 25.6 Å². The average molecular weight is 252 g/mol. The first kappa shape index (κ1) is 12.0. The molecule has 0 unspecified atom stereocenters. The van der Waals surface area contributed by atoms with E-state index in [2.05, 4.69) is 11.9 Å². The molecular weight excluding hydrogens is 236 g/mol. The van der Waals surface area contributed by atoms with Gasteiger partial charge in [-0.3, -0.25) is 9.13 Å². The average Bonchev–Trinajstić information content (AvgIpc) is 2.75. The van der Waals surface area contributed by atoms with E-state index in [0.29, 0.717) is 10.3 Å². The van der Waals surface area contributed by atoms with E-state index in [1.807, 2.05) is 4.57 Å². The van der Waals surface area contributed by atoms with Crippen LogP contribution in [0.3, 0.4) is 0 Å². The quantitative estimate of drug-likeness (QED) is 0.779. The zero-order valence-electron chi connectivity index (χ0n) is 10.3. The number of rotatable bonds is 3. The van der Waals surface area contributed by atoms with Crippen molar-refractivity contribution in [1.29, 1.82) is 0 Å². The van der Waals surface area contributed by atoms with Gasteiger partial charge in [0.1, 0.15) is 10.2 Å². The second-order valence-electron chi connectivity index (χ2n) is 4.17. The van der Waals surface area contributed by atoms with Crippen molar-refractivity contribution in [2.75, 3.05) is 0 Å². The third kappa shape index (κ3) is 1.82. The van der Waals surface area contributed by atoms with Crippen molar-refractivity contribution in [3.63, 3.8) is 0 Å². The van der Waals surface area contributed by atoms with Gasteiger partial charge in [-0.15, -0.1) is 0 Å². The Labute approximate surface area is 104 Å². The summed E-state index contributed by atoms with van der Waals surface area (Å²) in [6.07, 6.45) is 3.95. The van der Waals surface area contributed by atoms with E-state index in [1.54, 1.807) is 20.4 Å². The number of nitrogens with zero attached hydrogens (tertiary/aromatic N) is 4. The van der Waals surface area contributed by atoms with Crippen LogP contribution < -0.4 is 5.69 Å². The number of hydrogen-bond donors (Lipinski definition) is 0. The molecule has 2 heterocycles. The lowest BCUT2D eigenvalue weighted by Crippen LogP contribution is -2.28. The summed E-state index contributed by atoms with van der Waals surface area (Å²) < 4.78 is 5.60. The largest absolute Gasteiger partial charge is 0.330 e. The highest BCUT2D eigenvalue weighted by atomic mass is 32.1. The van der Waals surface area contributed by atoms with E-state index in [1.165, 1.54) is 9.13 Å². The monoisotopic (exact) mass is 252 g/mol. The van der Waals surface area contributed by atoms with Gasteiger partial charge in [0, 0.05) is 20.6 Å². The standard InChI is InChI=1S/C11H16N4OS/c1-4-5-6-15-7-12-9-8(15)10(17)14(3)11(16)13(9)2/h7H,4-6H2,1-3H3. The molecule has 6 heteroatoms. The molecule has 2 aromatic rings. The molecule has 0 aliphatic carbocycles. The predicted molar refractivity (Wildman–Crippen MR) is 69.7 cm³/mol. The molecule has 0 spiro atoms. The number of fused-ring (bicyclic) bond motifs is 1. The first-order chi connectivity index (χ1) is 8.07. The predicted octanol–water partition coefficient (Wildman–Crippen LogP) is 1.60. The summed E-state index contributed by atoms with van der Waals surface area (Å²) in [5.41, 5.74) is 1.40. The van der Waals surface area contributed by atoms with Gasteiger partial charge in [0.15, 0.2) is 5.65 Å². The highest BCUT2D eigenvalue weighted by molar-refractivity contribution is 7.71. The molecule has 0 saturated heterocycles. The van der Waals surface area contributed by atoms with Crippen LogP contribution >= 0.6 is 12.2 Å². The first-order valence-corrected chi connectivity index (χ1v) is 6.09. The van der Waals surface area contributed by atoms with Gasteiger partial charge < -0.3 is 4.57 Å². The minimum Gasteiger partial charge on any atom is -0.327 e. The molecule has 17 heavy (non-hydrogen) atoms. The van der Waals surface area contributed by atoms with Gasteiger partial charge >= 0.3 is 5.69 Å². The molecule has 0 atom stereocenters. The van der Waals surface area contributed by atoms with Crippen LogP contribution in [-0.4, -0.2) is 18.7 Å². The lowest BCUT2D eigenvalue weighted by Gasteiger charge is -2.07. The summed E-state index contributed by atoms with van der Waals surface area (Å²) in [4.78, 5) is 16.1. The van der Waals surface area contributed by atoms with Crippen molar-refractivity contribution in [1.82, 2.24) is 18.7 Å². The fraction of sp³-hybridized carbons (Fsp3) is 0.545. The van der Waals surface area contributed by atoms with Gasteiger partial charge in [0.2, 0.25) is 0 Å². The Balaban J connectivity index is 2.77. The minimum absolute atomic E-state index is 0.136. The number of hydrogen-bond acceptors (Lipinski definition) is 3. The molecule has 0 fully saturated rings. The van der Waals surface area contributed by atoms with Gasteiger partial charge in [-0.2, -0.15) is 0 Å². The molecule has 5 nitrogen and oxygen atoms in total. The zero-order valence-corrected chi connectivity index (χ0v) is 11.1. The maximum absolute atomic E-state index is 11.8. The van der Waals surface area contributed by atoms with Crippen molar-refractivity contribution in [3.05, 3.63) is 21.5 Å². The Hall–Kier alpha value is -1.43. The van der Waals surface area contributed by atoms with E-state index >= 15 is 0 Å². The normalized spacial score (nSPS) is 11.2. The van der Waals surface area contributed by atoms with Crippen molar-refractivity contribution in [2.24, 2.45) is 14.1 Å². The van der Waals surface area contributed by atoms with Crippen molar-refractivity contribution < 1.29 is 0 Å². The number of aromatic nitrogens is 4. The molecule has 2 aromatic heterocycles. The number of imidazole rings is 1. The lowest BCUT2D eigenvalue weighted by atomic mass is 10.3. The van der Waals surface area contributed by atoms with E-state index in [4.69, 9.17) is 12.2 Å². The summed E-state index contributed by atoms with van der Waals surface area (Å²) in [6, 6.07) is 0. The van der Waals surface area contributed by atoms with Crippen LogP contribution in [0.1, 0.15) is 19.8 Å². The summed E-state index contributed by atoms with van der Waals surface area (Å²) in [5.74, 6) is 0. The fourth-order valence-corrected chi connectivity index (χ4v) is 2.18. The Morgan fingerprint density at radius 2 is 2.06 bits per heavy atom. The van der Waals surface area contributed by atoms with Gasteiger partial charge in [-0.25, -0.2) is 9.78 Å². The highest BCUT2D eigenvalue weighted by Gasteiger charge is 2.11. The summed E-state index contributed by atoms with van der Waals surface area (Å²) in [6.45, 7) is 3.03. The lowest BCUT2D eigenvalue weighted by molar-refractivity contribution is 0.640. The molecule has 92 valence electrons. The number of aryl methyl sites for hydroxylation is 2. The molecule has 0 saturated carbocycles. The molecule has 0 bridgehead atoms. The van der Waals surface area contributed by atoms with Crippen molar-refractivity contribution in [3.8, 4) is 0 Å². The molecule has 0 aromatic carbocycles. The topological polar surface area (TPSA) is 44.8 Å². The van der Waals surface area contributed by atoms with E-state index in [9.17, 15) is 4.79 Å². The highest BCUT2D eigenvalue weighted by Crippen LogP contribution is 2.12. The third-order valence-corrected chi connectivity index (χ3v) is 3.44. The van der Waals surface area contributed by atoms with Gasteiger partial charge in [0.25, 0.3) is 0 Å². The molecule has 2 rings (SSSR count). The molecule has 0 radical (unpaired) electrons. The Bertz CT molecular complexity index is 664. The van der Waals surface area contributed by atoms with Crippen molar-refractivity contribution >= 4 is 23.4 Å². The molecule has 0 aliphatic rings. The first-order valence-electron chi connectivity index (χ1n) is 5.68. The molecule has 0 aliphatic heterocycles. The van der Waals surface area contributed by atoms with Crippen LogP contribution in [0.15, 0.2) is 11.1 Å². The van der Waals surface area contributed by atoms with Crippen LogP contribution in [0.4, 0.5) is 0 Å². The van der Waals surface area contributed by atoms with Crippen molar-refractivity contribution in [2.45, 2.75) is 26.3 Å². The summed E-state index contributed by atoms with van der Waals surface area (Å²) in [7, 11) is 3.41. The third-order valence-electron chi connectivity index (χ3n) is 2.97. The second kappa shape index (κ2) is 4.44. The smallest absolute Gasteiger partial charge is 0.327 e. The van der Waals surface area contributed by atoms with Crippen LogP contribution in [-0.2, 0) is 20.6 Å². The SMILES string of the molecule is CCCCn1cnc2c1c(=S)n(C)c(=O)n2C. The number of unbranched alkanes of at least 4 members (excludes halogenated alkanes) is 1. The maximum Gasteiger partial charge on any atom is 0.330 e. The van der Waals surface area contributed by atoms with Crippen LogP contribution in [0.2, 0.25) is 0 Å². The molecule has 0 amide bonds. The van der Waals surface area contributed by atoms with E-state index in [-0.39, 0.29) is 5.69 Å². The fourth-order valence-electron chi connectivity index (χ4n) is 1.89. The molecular formula is C11H16N4OS. The summed E-state index contributed by atoms with van der Waals surface area (Å²) in [5, 5.41) is 0. The van der Waals surface area contributed by atoms with Crippen LogP contribution in [0, 0.1) is 4.64 Å². The van der Waals surface area contributed by atoms with Gasteiger partial charge in [0.05, 0.1) is 6.33 Å². The Kier molecular flexibility index (Phi) is 3.15. The van der Waals surface area contributed by atoms with Gasteiger partial charge in [-0.05, 0) is 6.42 Å². The Morgan fingerprint density at radius 1 is 1.35 bits per heavy atom. The second-order valence-corrected chi connectivity index (χ2v) is 4.56. The van der Waals surface area contributed by atoms with Crippen LogP contribution in [0.25, 0.3) is 11.2 Å². The molecule has 0 N–H and O–H groups in total. The van der Waals surface area contributed by atoms with E-state index < -0.39 is 0 Å². The Morgan fingerprint density at radius 3 is 2.71 bits per heavy atom. The van der Waals surface area contributed by atoms with E-state index in [0.717, 1.165) is 24.9 Å². The van der Waals surface area contributed by atoms with Crippen LogP contribution in [0.5, 0.6) is 0 Å². The maximum atomic E-state index is 11.8. The zero-order chi connectivity index (χ0) is 12.6.